The third kappa shape index (κ3) is 6.11. The zero-order chi connectivity index (χ0) is 8.91. The monoisotopic (exact) mass is 156 g/mol. The number of hydrogen-bond acceptors (Lipinski definition) is 1. The molecule has 0 aromatic rings. The summed E-state index contributed by atoms with van der Waals surface area (Å²) in [7, 11) is 0. The first-order valence-electron chi connectivity index (χ1n) is 4.35. The van der Waals surface area contributed by atoms with Crippen molar-refractivity contribution in [3.05, 3.63) is 12.2 Å². The summed E-state index contributed by atoms with van der Waals surface area (Å²) >= 11 is 0. The number of aliphatic hydroxyl groups excluding tert-OH is 1. The lowest BCUT2D eigenvalue weighted by atomic mass is 9.87. The van der Waals surface area contributed by atoms with E-state index in [1.807, 2.05) is 6.08 Å². The molecule has 0 radical (unpaired) electrons. The highest BCUT2D eigenvalue weighted by Crippen LogP contribution is 2.23. The molecule has 1 heteroatoms. The van der Waals surface area contributed by atoms with Gasteiger partial charge < -0.3 is 5.11 Å². The molecular weight excluding hydrogens is 136 g/mol. The molecule has 0 aliphatic carbocycles. The van der Waals surface area contributed by atoms with E-state index in [1.165, 1.54) is 12.8 Å². The molecule has 0 saturated heterocycles. The molecule has 1 nitrogen and oxygen atoms in total. The lowest BCUT2D eigenvalue weighted by molar-refractivity contribution is 0.242. The first-order valence-corrected chi connectivity index (χ1v) is 4.35. The van der Waals surface area contributed by atoms with Crippen LogP contribution < -0.4 is 0 Å². The molecule has 0 aliphatic heterocycles. The average Bonchev–Trinajstić information content (AvgIpc) is 1.84. The highest BCUT2D eigenvalue weighted by Gasteiger charge is 2.11. The van der Waals surface area contributed by atoms with E-state index in [1.54, 1.807) is 6.92 Å². The van der Waals surface area contributed by atoms with Crippen molar-refractivity contribution in [2.24, 2.45) is 5.41 Å². The van der Waals surface area contributed by atoms with Crippen LogP contribution in [0.25, 0.3) is 0 Å². The molecule has 0 heterocycles. The van der Waals surface area contributed by atoms with E-state index >= 15 is 0 Å². The highest BCUT2D eigenvalue weighted by molar-refractivity contribution is 4.96. The molecule has 1 N–H and O–H groups in total. The first kappa shape index (κ1) is 10.7. The second-order valence-corrected chi connectivity index (χ2v) is 3.84. The maximum atomic E-state index is 9.00. The van der Waals surface area contributed by atoms with Crippen LogP contribution in [0.5, 0.6) is 0 Å². The summed E-state index contributed by atoms with van der Waals surface area (Å²) in [5.41, 5.74) is 0.242. The van der Waals surface area contributed by atoms with Gasteiger partial charge in [0.25, 0.3) is 0 Å². The summed E-state index contributed by atoms with van der Waals surface area (Å²) in [6.45, 7) is 8.33. The Bertz CT molecular complexity index is 123. The molecular formula is C10H20O. The van der Waals surface area contributed by atoms with Gasteiger partial charge in [-0.25, -0.2) is 0 Å². The van der Waals surface area contributed by atoms with Crippen molar-refractivity contribution in [1.29, 1.82) is 0 Å². The molecule has 0 aromatic carbocycles. The number of rotatable bonds is 4. The fourth-order valence-electron chi connectivity index (χ4n) is 1.13. The summed E-state index contributed by atoms with van der Waals surface area (Å²) in [5, 5.41) is 9.00. The molecule has 0 bridgehead atoms. The van der Waals surface area contributed by atoms with Gasteiger partial charge >= 0.3 is 0 Å². The topological polar surface area (TPSA) is 20.2 Å². The Kier molecular flexibility index (Phi) is 4.43. The van der Waals surface area contributed by atoms with Crippen LogP contribution in [0.4, 0.5) is 0 Å². The maximum absolute atomic E-state index is 9.00. The number of aliphatic hydroxyl groups is 1. The van der Waals surface area contributed by atoms with Crippen LogP contribution in [0.15, 0.2) is 12.2 Å². The quantitative estimate of drug-likeness (QED) is 0.620. The smallest absolute Gasteiger partial charge is 0.0692 e. The van der Waals surface area contributed by atoms with Crippen LogP contribution in [-0.2, 0) is 0 Å². The van der Waals surface area contributed by atoms with Crippen molar-refractivity contribution in [2.45, 2.75) is 46.6 Å². The fourth-order valence-corrected chi connectivity index (χ4v) is 1.13. The molecule has 1 atom stereocenters. The summed E-state index contributed by atoms with van der Waals surface area (Å²) in [5.74, 6) is 0. The Morgan fingerprint density at radius 1 is 1.45 bits per heavy atom. The predicted octanol–water partition coefficient (Wildman–Crippen LogP) is 2.75. The van der Waals surface area contributed by atoms with Gasteiger partial charge in [-0.05, 0) is 18.8 Å². The van der Waals surface area contributed by atoms with E-state index < -0.39 is 0 Å². The Hall–Kier alpha value is -0.300. The summed E-state index contributed by atoms with van der Waals surface area (Å²) in [6, 6.07) is 0. The van der Waals surface area contributed by atoms with E-state index in [4.69, 9.17) is 5.11 Å². The van der Waals surface area contributed by atoms with Gasteiger partial charge in [-0.15, -0.1) is 0 Å². The first-order chi connectivity index (χ1) is 4.98. The molecule has 0 aromatic heterocycles. The molecule has 0 aliphatic rings. The van der Waals surface area contributed by atoms with Gasteiger partial charge in [0.1, 0.15) is 0 Å². The van der Waals surface area contributed by atoms with Gasteiger partial charge in [0.15, 0.2) is 0 Å². The van der Waals surface area contributed by atoms with Gasteiger partial charge in [-0.1, -0.05) is 39.3 Å². The molecule has 66 valence electrons. The van der Waals surface area contributed by atoms with Crippen LogP contribution >= 0.6 is 0 Å². The van der Waals surface area contributed by atoms with E-state index in [2.05, 4.69) is 26.8 Å². The van der Waals surface area contributed by atoms with Crippen LogP contribution in [0, 0.1) is 5.41 Å². The molecule has 1 unspecified atom stereocenters. The van der Waals surface area contributed by atoms with E-state index in [9.17, 15) is 0 Å². The van der Waals surface area contributed by atoms with Gasteiger partial charge in [0.05, 0.1) is 6.10 Å². The Morgan fingerprint density at radius 2 is 2.00 bits per heavy atom. The predicted molar refractivity (Wildman–Crippen MR) is 49.5 cm³/mol. The van der Waals surface area contributed by atoms with E-state index in [-0.39, 0.29) is 11.5 Å². The summed E-state index contributed by atoms with van der Waals surface area (Å²) < 4.78 is 0. The van der Waals surface area contributed by atoms with Crippen molar-refractivity contribution in [2.75, 3.05) is 0 Å². The van der Waals surface area contributed by atoms with Crippen LogP contribution in [0.3, 0.4) is 0 Å². The minimum absolute atomic E-state index is 0.242. The number of allylic oxidation sites excluding steroid dienone is 1. The van der Waals surface area contributed by atoms with Crippen LogP contribution in [0.2, 0.25) is 0 Å². The second-order valence-electron chi connectivity index (χ2n) is 3.84. The molecule has 0 rings (SSSR count). The minimum Gasteiger partial charge on any atom is -0.389 e. The van der Waals surface area contributed by atoms with Crippen LogP contribution in [-0.4, -0.2) is 11.2 Å². The highest BCUT2D eigenvalue weighted by atomic mass is 16.3. The molecule has 0 spiro atoms. The van der Waals surface area contributed by atoms with Crippen molar-refractivity contribution in [1.82, 2.24) is 0 Å². The average molecular weight is 156 g/mol. The lowest BCUT2D eigenvalue weighted by Crippen LogP contribution is -2.07. The zero-order valence-corrected chi connectivity index (χ0v) is 8.09. The van der Waals surface area contributed by atoms with Crippen LogP contribution in [0.1, 0.15) is 40.5 Å². The fraction of sp³-hybridized carbons (Fsp3) is 0.800. The van der Waals surface area contributed by atoms with Gasteiger partial charge in [-0.3, -0.25) is 0 Å². The molecule has 0 fully saturated rings. The summed E-state index contributed by atoms with van der Waals surface area (Å²) in [4.78, 5) is 0. The van der Waals surface area contributed by atoms with E-state index in [0.717, 1.165) is 0 Å². The minimum atomic E-state index is -0.314. The molecule has 0 amide bonds. The van der Waals surface area contributed by atoms with Gasteiger partial charge in [0.2, 0.25) is 0 Å². The normalized spacial score (nSPS) is 15.7. The van der Waals surface area contributed by atoms with Gasteiger partial charge in [0, 0.05) is 0 Å². The van der Waals surface area contributed by atoms with E-state index in [0.29, 0.717) is 0 Å². The lowest BCUT2D eigenvalue weighted by Gasteiger charge is -2.18. The maximum Gasteiger partial charge on any atom is 0.0692 e. The van der Waals surface area contributed by atoms with Crippen molar-refractivity contribution < 1.29 is 5.11 Å². The SMILES string of the molecule is CCCC(C)(C)C=CC(C)O. The van der Waals surface area contributed by atoms with Crippen molar-refractivity contribution >= 4 is 0 Å². The largest absolute Gasteiger partial charge is 0.389 e. The Labute approximate surface area is 70.1 Å². The van der Waals surface area contributed by atoms with Crippen molar-refractivity contribution in [3.8, 4) is 0 Å². The third-order valence-corrected chi connectivity index (χ3v) is 1.72. The number of hydrogen-bond donors (Lipinski definition) is 1. The van der Waals surface area contributed by atoms with Gasteiger partial charge in [-0.2, -0.15) is 0 Å². The third-order valence-electron chi connectivity index (χ3n) is 1.72. The molecule has 0 saturated carbocycles. The second kappa shape index (κ2) is 4.55. The standard InChI is InChI=1S/C10H20O/c1-5-7-10(3,4)8-6-9(2)11/h6,8-9,11H,5,7H2,1-4H3. The Morgan fingerprint density at radius 3 is 2.36 bits per heavy atom. The Balaban J connectivity index is 3.89. The molecule has 11 heavy (non-hydrogen) atoms. The zero-order valence-electron chi connectivity index (χ0n) is 8.09. The van der Waals surface area contributed by atoms with Crippen molar-refractivity contribution in [3.63, 3.8) is 0 Å². The summed E-state index contributed by atoms with van der Waals surface area (Å²) in [6.07, 6.45) is 6.01.